The average molecular weight is 254 g/mol. The number of ether oxygens (including phenoxy) is 1. The minimum atomic E-state index is 0.701. The molecule has 2 aromatic rings. The third-order valence-electron chi connectivity index (χ3n) is 3.65. The maximum Gasteiger partial charge on any atom is 0.141 e. The minimum Gasteiger partial charge on any atom is -0.495 e. The number of fused-ring (bicyclic) bond motifs is 1. The summed E-state index contributed by atoms with van der Waals surface area (Å²) in [5, 5.41) is 0. The molecule has 0 radical (unpaired) electrons. The van der Waals surface area contributed by atoms with Gasteiger partial charge in [-0.15, -0.1) is 0 Å². The molecule has 1 aliphatic heterocycles. The van der Waals surface area contributed by atoms with Gasteiger partial charge in [0.1, 0.15) is 5.75 Å². The molecule has 0 aliphatic carbocycles. The topological polar surface area (TPSA) is 38.5 Å². The van der Waals surface area contributed by atoms with Gasteiger partial charge in [-0.2, -0.15) is 0 Å². The zero-order valence-corrected chi connectivity index (χ0v) is 11.1. The molecule has 98 valence electrons. The fourth-order valence-corrected chi connectivity index (χ4v) is 2.67. The third kappa shape index (κ3) is 2.24. The number of nitrogens with zero attached hydrogens (tertiary/aromatic N) is 1. The molecule has 0 unspecified atom stereocenters. The van der Waals surface area contributed by atoms with Gasteiger partial charge in [0, 0.05) is 18.8 Å². The predicted octanol–water partition coefficient (Wildman–Crippen LogP) is 2.84. The molecule has 2 N–H and O–H groups in total. The molecule has 3 nitrogen and oxygen atoms in total. The lowest BCUT2D eigenvalue weighted by atomic mass is 10.1. The molecule has 2 aromatic carbocycles. The number of anilines is 2. The van der Waals surface area contributed by atoms with Crippen molar-refractivity contribution in [3.05, 3.63) is 53.6 Å². The van der Waals surface area contributed by atoms with Crippen LogP contribution in [-0.2, 0) is 13.0 Å². The Hall–Kier alpha value is -2.16. The Morgan fingerprint density at radius 3 is 2.84 bits per heavy atom. The summed E-state index contributed by atoms with van der Waals surface area (Å²) in [5.41, 5.74) is 10.7. The van der Waals surface area contributed by atoms with E-state index in [4.69, 9.17) is 10.5 Å². The lowest BCUT2D eigenvalue weighted by Gasteiger charge is -2.20. The quantitative estimate of drug-likeness (QED) is 0.856. The van der Waals surface area contributed by atoms with E-state index in [1.807, 2.05) is 12.1 Å². The Bertz CT molecular complexity index is 595. The number of nitrogens with two attached hydrogens (primary N) is 1. The molecule has 19 heavy (non-hydrogen) atoms. The number of rotatable bonds is 3. The number of methoxy groups -OCH3 is 1. The van der Waals surface area contributed by atoms with E-state index in [2.05, 4.69) is 35.2 Å². The lowest BCUT2D eigenvalue weighted by molar-refractivity contribution is 0.417. The van der Waals surface area contributed by atoms with Gasteiger partial charge in [0.25, 0.3) is 0 Å². The van der Waals surface area contributed by atoms with Crippen LogP contribution in [0.5, 0.6) is 5.75 Å². The Morgan fingerprint density at radius 2 is 2.05 bits per heavy atom. The van der Waals surface area contributed by atoms with Crippen molar-refractivity contribution in [2.45, 2.75) is 13.0 Å². The van der Waals surface area contributed by atoms with E-state index in [9.17, 15) is 0 Å². The summed E-state index contributed by atoms with van der Waals surface area (Å²) in [4.78, 5) is 2.40. The van der Waals surface area contributed by atoms with Crippen molar-refractivity contribution >= 4 is 11.4 Å². The van der Waals surface area contributed by atoms with Crippen molar-refractivity contribution in [2.75, 3.05) is 24.3 Å². The van der Waals surface area contributed by atoms with Crippen molar-refractivity contribution in [2.24, 2.45) is 0 Å². The monoisotopic (exact) mass is 254 g/mol. The second kappa shape index (κ2) is 4.84. The first-order valence-electron chi connectivity index (χ1n) is 6.53. The van der Waals surface area contributed by atoms with Crippen molar-refractivity contribution in [1.29, 1.82) is 0 Å². The van der Waals surface area contributed by atoms with Gasteiger partial charge >= 0.3 is 0 Å². The molecular weight excluding hydrogens is 236 g/mol. The smallest absolute Gasteiger partial charge is 0.141 e. The van der Waals surface area contributed by atoms with Crippen molar-refractivity contribution in [3.63, 3.8) is 0 Å². The molecular formula is C16H18N2O. The zero-order chi connectivity index (χ0) is 13.2. The van der Waals surface area contributed by atoms with Crippen LogP contribution >= 0.6 is 0 Å². The molecule has 0 spiro atoms. The van der Waals surface area contributed by atoms with E-state index in [-0.39, 0.29) is 0 Å². The average Bonchev–Trinajstić information content (AvgIpc) is 2.83. The van der Waals surface area contributed by atoms with Gasteiger partial charge in [-0.05, 0) is 35.7 Å². The third-order valence-corrected chi connectivity index (χ3v) is 3.65. The second-order valence-corrected chi connectivity index (χ2v) is 4.88. The maximum absolute atomic E-state index is 5.96. The van der Waals surface area contributed by atoms with Gasteiger partial charge in [-0.1, -0.05) is 24.3 Å². The summed E-state index contributed by atoms with van der Waals surface area (Å²) >= 11 is 0. The van der Waals surface area contributed by atoms with Crippen molar-refractivity contribution in [1.82, 2.24) is 0 Å². The van der Waals surface area contributed by atoms with Crippen molar-refractivity contribution in [3.8, 4) is 5.75 Å². The van der Waals surface area contributed by atoms with Crippen LogP contribution in [-0.4, -0.2) is 13.7 Å². The fourth-order valence-electron chi connectivity index (χ4n) is 2.67. The molecule has 0 fully saturated rings. The first-order valence-corrected chi connectivity index (χ1v) is 6.53. The van der Waals surface area contributed by atoms with Crippen LogP contribution in [0.25, 0.3) is 0 Å². The Labute approximate surface area is 113 Å². The maximum atomic E-state index is 5.96. The van der Waals surface area contributed by atoms with Gasteiger partial charge < -0.3 is 15.4 Å². The highest BCUT2D eigenvalue weighted by Crippen LogP contribution is 2.30. The number of hydrogen-bond donors (Lipinski definition) is 1. The molecule has 1 heterocycles. The van der Waals surface area contributed by atoms with Crippen LogP contribution in [0.4, 0.5) is 11.4 Å². The molecule has 0 aromatic heterocycles. The number of para-hydroxylation sites is 1. The fraction of sp³-hybridized carbons (Fsp3) is 0.250. The zero-order valence-electron chi connectivity index (χ0n) is 11.1. The van der Waals surface area contributed by atoms with Crippen LogP contribution < -0.4 is 15.4 Å². The molecule has 0 bridgehead atoms. The van der Waals surface area contributed by atoms with E-state index in [0.717, 1.165) is 25.3 Å². The van der Waals surface area contributed by atoms with Crippen LogP contribution in [0.1, 0.15) is 11.1 Å². The van der Waals surface area contributed by atoms with E-state index < -0.39 is 0 Å². The van der Waals surface area contributed by atoms with E-state index in [1.165, 1.54) is 16.8 Å². The number of hydrogen-bond acceptors (Lipinski definition) is 3. The molecule has 3 rings (SSSR count). The number of nitrogen functional groups attached to an aromatic ring is 1. The largest absolute Gasteiger partial charge is 0.495 e. The SMILES string of the molecule is COc1ccc(CN2CCc3ccccc32)cc1N. The van der Waals surface area contributed by atoms with Crippen molar-refractivity contribution < 1.29 is 4.74 Å². The molecule has 0 saturated heterocycles. The highest BCUT2D eigenvalue weighted by Gasteiger charge is 2.18. The van der Waals surface area contributed by atoms with Crippen LogP contribution in [0.15, 0.2) is 42.5 Å². The molecule has 0 saturated carbocycles. The standard InChI is InChI=1S/C16H18N2O/c1-19-16-7-6-12(10-14(16)17)11-18-9-8-13-4-2-3-5-15(13)18/h2-7,10H,8-9,11,17H2,1H3. The van der Waals surface area contributed by atoms with Crippen LogP contribution in [0.2, 0.25) is 0 Å². The predicted molar refractivity (Wildman–Crippen MR) is 78.6 cm³/mol. The lowest BCUT2D eigenvalue weighted by Crippen LogP contribution is -2.19. The molecule has 1 aliphatic rings. The Morgan fingerprint density at radius 1 is 1.21 bits per heavy atom. The Balaban J connectivity index is 1.81. The van der Waals surface area contributed by atoms with Crippen LogP contribution in [0.3, 0.4) is 0 Å². The van der Waals surface area contributed by atoms with E-state index in [0.29, 0.717) is 5.69 Å². The Kier molecular flexibility index (Phi) is 3.03. The summed E-state index contributed by atoms with van der Waals surface area (Å²) in [5.74, 6) is 0.741. The van der Waals surface area contributed by atoms with Gasteiger partial charge in [-0.3, -0.25) is 0 Å². The van der Waals surface area contributed by atoms with Crippen LogP contribution in [0, 0.1) is 0 Å². The van der Waals surface area contributed by atoms with E-state index in [1.54, 1.807) is 7.11 Å². The molecule has 0 atom stereocenters. The van der Waals surface area contributed by atoms with Gasteiger partial charge in [0.15, 0.2) is 0 Å². The molecule has 0 amide bonds. The highest BCUT2D eigenvalue weighted by atomic mass is 16.5. The van der Waals surface area contributed by atoms with Gasteiger partial charge in [0.05, 0.1) is 12.8 Å². The summed E-state index contributed by atoms with van der Waals surface area (Å²) in [6.07, 6.45) is 1.13. The summed E-state index contributed by atoms with van der Waals surface area (Å²) in [7, 11) is 1.64. The van der Waals surface area contributed by atoms with Gasteiger partial charge in [-0.25, -0.2) is 0 Å². The first kappa shape index (κ1) is 11.9. The normalized spacial score (nSPS) is 13.4. The molecule has 3 heteroatoms. The summed E-state index contributed by atoms with van der Waals surface area (Å²) in [6.45, 7) is 1.97. The van der Waals surface area contributed by atoms with Gasteiger partial charge in [0.2, 0.25) is 0 Å². The van der Waals surface area contributed by atoms with E-state index >= 15 is 0 Å². The first-order chi connectivity index (χ1) is 9.28. The highest BCUT2D eigenvalue weighted by molar-refractivity contribution is 5.59. The number of benzene rings is 2. The second-order valence-electron chi connectivity index (χ2n) is 4.88. The summed E-state index contributed by atoms with van der Waals surface area (Å²) < 4.78 is 5.19. The minimum absolute atomic E-state index is 0.701. The summed E-state index contributed by atoms with van der Waals surface area (Å²) in [6, 6.07) is 14.6.